The van der Waals surface area contributed by atoms with Crippen LogP contribution in [0.15, 0.2) is 36.5 Å². The van der Waals surface area contributed by atoms with Crippen LogP contribution in [0.3, 0.4) is 0 Å². The SMILES string of the molecule is CC/C=C(/F)c1nc(C(=O)N2CCC(Cc3ccccc3CN)C(O)C2)cn1C. The lowest BCUT2D eigenvalue weighted by molar-refractivity contribution is 0.0194. The smallest absolute Gasteiger partial charge is 0.274 e. The van der Waals surface area contributed by atoms with Gasteiger partial charge in [-0.25, -0.2) is 9.37 Å². The molecule has 0 bridgehead atoms. The highest BCUT2D eigenvalue weighted by Crippen LogP contribution is 2.25. The van der Waals surface area contributed by atoms with Gasteiger partial charge in [0.05, 0.1) is 6.10 Å². The lowest BCUT2D eigenvalue weighted by Gasteiger charge is -2.36. The van der Waals surface area contributed by atoms with Crippen LogP contribution < -0.4 is 5.73 Å². The molecule has 1 amide bonds. The third kappa shape index (κ3) is 4.74. The Morgan fingerprint density at radius 1 is 1.38 bits per heavy atom. The van der Waals surface area contributed by atoms with Crippen LogP contribution >= 0.6 is 0 Å². The molecule has 2 unspecified atom stereocenters. The number of carbonyl (C=O) groups is 1. The highest BCUT2D eigenvalue weighted by molar-refractivity contribution is 5.92. The maximum Gasteiger partial charge on any atom is 0.274 e. The molecule has 0 radical (unpaired) electrons. The Morgan fingerprint density at radius 3 is 2.76 bits per heavy atom. The summed E-state index contributed by atoms with van der Waals surface area (Å²) < 4.78 is 15.6. The molecule has 1 aliphatic heterocycles. The fourth-order valence-corrected chi connectivity index (χ4v) is 3.86. The van der Waals surface area contributed by atoms with Gasteiger partial charge in [-0.3, -0.25) is 4.79 Å². The number of aliphatic hydroxyl groups is 1. The van der Waals surface area contributed by atoms with Crippen LogP contribution in [-0.2, 0) is 20.0 Å². The van der Waals surface area contributed by atoms with E-state index in [2.05, 4.69) is 4.98 Å². The van der Waals surface area contributed by atoms with Crippen LogP contribution in [0.5, 0.6) is 0 Å². The van der Waals surface area contributed by atoms with Crippen molar-refractivity contribution in [3.63, 3.8) is 0 Å². The van der Waals surface area contributed by atoms with E-state index in [1.807, 2.05) is 31.2 Å². The van der Waals surface area contributed by atoms with E-state index in [1.54, 1.807) is 11.9 Å². The van der Waals surface area contributed by atoms with Crippen molar-refractivity contribution in [1.29, 1.82) is 0 Å². The third-order valence-electron chi connectivity index (χ3n) is 5.52. The van der Waals surface area contributed by atoms with Crippen LogP contribution in [-0.4, -0.2) is 44.7 Å². The molecular formula is C22H29FN4O2. The number of benzene rings is 1. The number of nitrogens with zero attached hydrogens (tertiary/aromatic N) is 3. The van der Waals surface area contributed by atoms with Crippen molar-refractivity contribution in [1.82, 2.24) is 14.5 Å². The number of hydrogen-bond acceptors (Lipinski definition) is 4. The summed E-state index contributed by atoms with van der Waals surface area (Å²) in [4.78, 5) is 18.6. The van der Waals surface area contributed by atoms with Crippen molar-refractivity contribution in [2.24, 2.45) is 18.7 Å². The highest BCUT2D eigenvalue weighted by Gasteiger charge is 2.32. The number of carbonyl (C=O) groups excluding carboxylic acids is 1. The molecular weight excluding hydrogens is 371 g/mol. The molecule has 0 spiro atoms. The number of piperidine rings is 1. The number of aliphatic hydroxyl groups excluding tert-OH is 1. The Morgan fingerprint density at radius 2 is 2.10 bits per heavy atom. The summed E-state index contributed by atoms with van der Waals surface area (Å²) in [5.74, 6) is -0.512. The van der Waals surface area contributed by atoms with Crippen molar-refractivity contribution in [3.05, 3.63) is 59.2 Å². The number of imidazole rings is 1. The number of β-amino-alcohol motifs (C(OH)–C–C–N with tert-alkyl or cyclic N) is 1. The van der Waals surface area contributed by atoms with E-state index in [4.69, 9.17) is 5.73 Å². The van der Waals surface area contributed by atoms with E-state index in [0.717, 1.165) is 17.5 Å². The second kappa shape index (κ2) is 9.33. The molecule has 2 heterocycles. The fourth-order valence-electron chi connectivity index (χ4n) is 3.86. The Hall–Kier alpha value is -2.51. The molecule has 1 fully saturated rings. The van der Waals surface area contributed by atoms with Crippen LogP contribution in [0, 0.1) is 5.92 Å². The van der Waals surface area contributed by atoms with Gasteiger partial charge in [-0.15, -0.1) is 0 Å². The van der Waals surface area contributed by atoms with E-state index in [1.165, 1.54) is 16.8 Å². The minimum atomic E-state index is -0.626. The topological polar surface area (TPSA) is 84.4 Å². The predicted molar refractivity (Wildman–Crippen MR) is 111 cm³/mol. The maximum atomic E-state index is 14.1. The highest BCUT2D eigenvalue weighted by atomic mass is 19.1. The lowest BCUT2D eigenvalue weighted by Crippen LogP contribution is -2.47. The zero-order valence-corrected chi connectivity index (χ0v) is 17.0. The molecule has 1 aromatic carbocycles. The van der Waals surface area contributed by atoms with Crippen LogP contribution in [0.25, 0.3) is 5.83 Å². The van der Waals surface area contributed by atoms with Crippen molar-refractivity contribution in [2.75, 3.05) is 13.1 Å². The number of halogens is 1. The summed E-state index contributed by atoms with van der Waals surface area (Å²) >= 11 is 0. The second-order valence-electron chi connectivity index (χ2n) is 7.57. The number of hydrogen-bond donors (Lipinski definition) is 2. The molecule has 6 nitrogen and oxygen atoms in total. The summed E-state index contributed by atoms with van der Waals surface area (Å²) in [6.07, 6.45) is 4.32. The van der Waals surface area contributed by atoms with Crippen LogP contribution in [0.1, 0.15) is 47.2 Å². The van der Waals surface area contributed by atoms with Crippen LogP contribution in [0.4, 0.5) is 4.39 Å². The minimum absolute atomic E-state index is 0.0657. The van der Waals surface area contributed by atoms with Crippen molar-refractivity contribution in [3.8, 4) is 0 Å². The summed E-state index contributed by atoms with van der Waals surface area (Å²) in [6.45, 7) is 3.08. The zero-order chi connectivity index (χ0) is 21.0. The number of amides is 1. The molecule has 1 saturated heterocycles. The monoisotopic (exact) mass is 400 g/mol. The molecule has 3 N–H and O–H groups in total. The van der Waals surface area contributed by atoms with Gasteiger partial charge in [-0.2, -0.15) is 0 Å². The van der Waals surface area contributed by atoms with E-state index in [9.17, 15) is 14.3 Å². The quantitative estimate of drug-likeness (QED) is 0.781. The summed E-state index contributed by atoms with van der Waals surface area (Å²) in [5.41, 5.74) is 8.24. The number of aryl methyl sites for hydroxylation is 1. The molecule has 2 aromatic rings. The van der Waals surface area contributed by atoms with Crippen LogP contribution in [0.2, 0.25) is 0 Å². The van der Waals surface area contributed by atoms with Gasteiger partial charge in [0, 0.05) is 32.9 Å². The normalized spacial score (nSPS) is 20.2. The molecule has 29 heavy (non-hydrogen) atoms. The van der Waals surface area contributed by atoms with Gasteiger partial charge < -0.3 is 20.3 Å². The zero-order valence-electron chi connectivity index (χ0n) is 17.0. The Labute approximate surface area is 170 Å². The lowest BCUT2D eigenvalue weighted by atomic mass is 9.86. The van der Waals surface area contributed by atoms with Gasteiger partial charge in [0.2, 0.25) is 0 Å². The first-order chi connectivity index (χ1) is 13.9. The first kappa shape index (κ1) is 21.2. The number of likely N-dealkylation sites (tertiary alicyclic amines) is 1. The molecule has 1 aliphatic rings. The average Bonchev–Trinajstić information content (AvgIpc) is 3.11. The minimum Gasteiger partial charge on any atom is -0.391 e. The number of rotatable bonds is 6. The molecule has 0 saturated carbocycles. The average molecular weight is 400 g/mol. The summed E-state index contributed by atoms with van der Waals surface area (Å²) in [5, 5.41) is 10.7. The largest absolute Gasteiger partial charge is 0.391 e. The van der Waals surface area contributed by atoms with Crippen molar-refractivity contribution < 1.29 is 14.3 Å². The van der Waals surface area contributed by atoms with E-state index < -0.39 is 11.9 Å². The summed E-state index contributed by atoms with van der Waals surface area (Å²) in [6, 6.07) is 7.98. The first-order valence-corrected chi connectivity index (χ1v) is 10.1. The van der Waals surface area contributed by atoms with Gasteiger partial charge in [0.15, 0.2) is 11.7 Å². The molecule has 1 aromatic heterocycles. The van der Waals surface area contributed by atoms with Gasteiger partial charge in [-0.1, -0.05) is 31.2 Å². The van der Waals surface area contributed by atoms with Crippen molar-refractivity contribution >= 4 is 11.7 Å². The molecule has 2 atom stereocenters. The Bertz CT molecular complexity index is 893. The number of allylic oxidation sites excluding steroid dienone is 1. The van der Waals surface area contributed by atoms with Gasteiger partial charge in [0.1, 0.15) is 5.69 Å². The third-order valence-corrected chi connectivity index (χ3v) is 5.52. The van der Waals surface area contributed by atoms with E-state index >= 15 is 0 Å². The molecule has 3 rings (SSSR count). The fraction of sp³-hybridized carbons (Fsp3) is 0.455. The molecule has 7 heteroatoms. The Kier molecular flexibility index (Phi) is 6.82. The van der Waals surface area contributed by atoms with Gasteiger partial charge in [0.25, 0.3) is 5.91 Å². The maximum absolute atomic E-state index is 14.1. The molecule has 0 aliphatic carbocycles. The first-order valence-electron chi connectivity index (χ1n) is 10.1. The number of aromatic nitrogens is 2. The summed E-state index contributed by atoms with van der Waals surface area (Å²) in [7, 11) is 1.66. The Balaban J connectivity index is 1.67. The van der Waals surface area contributed by atoms with E-state index in [-0.39, 0.29) is 29.9 Å². The second-order valence-corrected chi connectivity index (χ2v) is 7.57. The number of nitrogens with two attached hydrogens (primary N) is 1. The molecule has 156 valence electrons. The van der Waals surface area contributed by atoms with E-state index in [0.29, 0.717) is 25.9 Å². The van der Waals surface area contributed by atoms with Gasteiger partial charge in [-0.05, 0) is 42.4 Å². The van der Waals surface area contributed by atoms with Crippen molar-refractivity contribution in [2.45, 2.75) is 38.8 Å². The standard InChI is InChI=1S/C22H29FN4O2/c1-3-6-18(23)21-25-19(13-26(21)2)22(29)27-10-9-16(20(28)14-27)11-15-7-4-5-8-17(15)12-24/h4-8,13,16,20,28H,3,9-12,14,24H2,1-2H3/b18-6+. The predicted octanol–water partition coefficient (Wildman–Crippen LogP) is 2.66. The van der Waals surface area contributed by atoms with Gasteiger partial charge >= 0.3 is 0 Å².